The van der Waals surface area contributed by atoms with E-state index >= 15 is 0 Å². The van der Waals surface area contributed by atoms with Crippen LogP contribution in [-0.2, 0) is 0 Å². The number of allylic oxidation sites excluding steroid dienone is 4. The van der Waals surface area contributed by atoms with Crippen LogP contribution in [0.25, 0.3) is 0 Å². The molecule has 5 heteroatoms. The van der Waals surface area contributed by atoms with E-state index in [9.17, 15) is 18.4 Å². The topological polar surface area (TPSA) is 37.4 Å². The van der Waals surface area contributed by atoms with Gasteiger partial charge in [0.25, 0.3) is 11.8 Å². The van der Waals surface area contributed by atoms with E-state index < -0.39 is 0 Å². The summed E-state index contributed by atoms with van der Waals surface area (Å²) in [6.07, 6.45) is 1.71. The van der Waals surface area contributed by atoms with E-state index in [0.29, 0.717) is 23.1 Å². The number of imide groups is 1. The molecule has 1 aliphatic carbocycles. The first kappa shape index (κ1) is 15.6. The van der Waals surface area contributed by atoms with Crippen molar-refractivity contribution >= 4 is 11.8 Å². The second kappa shape index (κ2) is 6.07. The smallest absolute Gasteiger partial charge is 0.261 e. The summed E-state index contributed by atoms with van der Waals surface area (Å²) in [6.45, 7) is 2.02. The van der Waals surface area contributed by atoms with E-state index in [1.165, 1.54) is 11.0 Å². The van der Waals surface area contributed by atoms with Gasteiger partial charge in [0.15, 0.2) is 0 Å². The standard InChI is InChI=1S/C18H17F2NO2/c1-11(8-12-9-13(19)6-7-16(12)20)10-21-17(22)14-4-2-3-5-15(14)18(21)23/h2-5,9,11H,6-8,10H2,1H3. The molecule has 1 aromatic rings. The van der Waals surface area contributed by atoms with Crippen molar-refractivity contribution in [3.05, 3.63) is 58.7 Å². The summed E-state index contributed by atoms with van der Waals surface area (Å²) < 4.78 is 27.1. The van der Waals surface area contributed by atoms with Crippen LogP contribution in [0, 0.1) is 5.92 Å². The van der Waals surface area contributed by atoms with Crippen LogP contribution in [-0.4, -0.2) is 23.3 Å². The van der Waals surface area contributed by atoms with Gasteiger partial charge in [-0.05, 0) is 36.1 Å². The lowest BCUT2D eigenvalue weighted by Crippen LogP contribution is -2.34. The number of nitrogens with zero attached hydrogens (tertiary/aromatic N) is 1. The molecule has 3 nitrogen and oxygen atoms in total. The number of amides is 2. The van der Waals surface area contributed by atoms with Gasteiger partial charge in [-0.2, -0.15) is 0 Å². The highest BCUT2D eigenvalue weighted by atomic mass is 19.1. The van der Waals surface area contributed by atoms with Crippen LogP contribution in [0.5, 0.6) is 0 Å². The molecule has 2 aliphatic rings. The molecule has 3 rings (SSSR count). The second-order valence-corrected chi connectivity index (χ2v) is 6.10. The summed E-state index contributed by atoms with van der Waals surface area (Å²) in [5.41, 5.74) is 1.13. The summed E-state index contributed by atoms with van der Waals surface area (Å²) in [5, 5.41) is 0. The molecule has 2 amide bonds. The monoisotopic (exact) mass is 317 g/mol. The fraction of sp³-hybridized carbons (Fsp3) is 0.333. The zero-order valence-electron chi connectivity index (χ0n) is 12.8. The number of carbonyl (C=O) groups is 2. The van der Waals surface area contributed by atoms with Crippen LogP contribution in [0.2, 0.25) is 0 Å². The van der Waals surface area contributed by atoms with Crippen LogP contribution < -0.4 is 0 Å². The molecule has 0 bridgehead atoms. The Morgan fingerprint density at radius 1 is 1.09 bits per heavy atom. The summed E-state index contributed by atoms with van der Waals surface area (Å²) in [6, 6.07) is 6.68. The van der Waals surface area contributed by atoms with E-state index in [1.54, 1.807) is 24.3 Å². The first-order chi connectivity index (χ1) is 11.0. The third kappa shape index (κ3) is 2.96. The molecule has 1 heterocycles. The molecule has 1 aliphatic heterocycles. The highest BCUT2D eigenvalue weighted by Crippen LogP contribution is 2.31. The molecule has 0 fully saturated rings. The number of hydrogen-bond donors (Lipinski definition) is 0. The van der Waals surface area contributed by atoms with Gasteiger partial charge in [0.05, 0.1) is 11.1 Å². The third-order valence-electron chi connectivity index (χ3n) is 4.20. The quantitative estimate of drug-likeness (QED) is 0.781. The van der Waals surface area contributed by atoms with Gasteiger partial charge in [0, 0.05) is 19.4 Å². The minimum Gasteiger partial charge on any atom is -0.274 e. The first-order valence-electron chi connectivity index (χ1n) is 7.66. The number of benzene rings is 1. The van der Waals surface area contributed by atoms with Crippen molar-refractivity contribution in [2.24, 2.45) is 5.92 Å². The Balaban J connectivity index is 1.71. The lowest BCUT2D eigenvalue weighted by Gasteiger charge is -2.21. The second-order valence-electron chi connectivity index (χ2n) is 6.10. The fourth-order valence-corrected chi connectivity index (χ4v) is 3.06. The van der Waals surface area contributed by atoms with E-state index in [2.05, 4.69) is 0 Å². The van der Waals surface area contributed by atoms with Crippen LogP contribution >= 0.6 is 0 Å². The minimum absolute atomic E-state index is 0.0808. The average molecular weight is 317 g/mol. The number of fused-ring (bicyclic) bond motifs is 1. The maximum absolute atomic E-state index is 13.8. The van der Waals surface area contributed by atoms with Crippen molar-refractivity contribution in [2.45, 2.75) is 26.2 Å². The lowest BCUT2D eigenvalue weighted by atomic mass is 9.95. The Morgan fingerprint density at radius 3 is 2.30 bits per heavy atom. The molecule has 0 N–H and O–H groups in total. The van der Waals surface area contributed by atoms with E-state index in [-0.39, 0.29) is 48.8 Å². The molecular formula is C18H17F2NO2. The van der Waals surface area contributed by atoms with Gasteiger partial charge in [0.1, 0.15) is 11.7 Å². The van der Waals surface area contributed by atoms with E-state index in [4.69, 9.17) is 0 Å². The molecule has 0 saturated heterocycles. The molecule has 0 radical (unpaired) electrons. The van der Waals surface area contributed by atoms with Crippen LogP contribution in [0.4, 0.5) is 8.78 Å². The summed E-state index contributed by atoms with van der Waals surface area (Å²) in [4.78, 5) is 25.8. The molecule has 0 spiro atoms. The maximum Gasteiger partial charge on any atom is 0.261 e. The number of rotatable bonds is 4. The molecular weight excluding hydrogens is 300 g/mol. The Bertz CT molecular complexity index is 701. The van der Waals surface area contributed by atoms with Crippen molar-refractivity contribution in [3.63, 3.8) is 0 Å². The Kier molecular flexibility index (Phi) is 4.11. The Hall–Kier alpha value is -2.30. The lowest BCUT2D eigenvalue weighted by molar-refractivity contribution is 0.0632. The zero-order chi connectivity index (χ0) is 16.6. The van der Waals surface area contributed by atoms with Crippen molar-refractivity contribution < 1.29 is 18.4 Å². The van der Waals surface area contributed by atoms with E-state index in [1.807, 2.05) is 6.92 Å². The van der Waals surface area contributed by atoms with Crippen molar-refractivity contribution in [1.29, 1.82) is 0 Å². The molecule has 1 atom stereocenters. The third-order valence-corrected chi connectivity index (χ3v) is 4.20. The largest absolute Gasteiger partial charge is 0.274 e. The minimum atomic E-state index is -0.325. The van der Waals surface area contributed by atoms with Gasteiger partial charge < -0.3 is 0 Å². The van der Waals surface area contributed by atoms with Gasteiger partial charge >= 0.3 is 0 Å². The Labute approximate surface area is 133 Å². The van der Waals surface area contributed by atoms with Gasteiger partial charge in [0.2, 0.25) is 0 Å². The molecule has 1 aromatic carbocycles. The van der Waals surface area contributed by atoms with Gasteiger partial charge in [-0.1, -0.05) is 19.1 Å². The highest BCUT2D eigenvalue weighted by Gasteiger charge is 2.35. The molecule has 0 aromatic heterocycles. The number of halogens is 2. The predicted molar refractivity (Wildman–Crippen MR) is 82.1 cm³/mol. The average Bonchev–Trinajstić information content (AvgIpc) is 2.76. The van der Waals surface area contributed by atoms with Crippen LogP contribution in [0.1, 0.15) is 46.9 Å². The molecule has 120 valence electrons. The summed E-state index contributed by atoms with van der Waals surface area (Å²) in [5.74, 6) is -1.43. The number of hydrogen-bond acceptors (Lipinski definition) is 2. The molecule has 0 saturated carbocycles. The Morgan fingerprint density at radius 2 is 1.70 bits per heavy atom. The normalized spacial score (nSPS) is 19.1. The maximum atomic E-state index is 13.8. The van der Waals surface area contributed by atoms with Crippen molar-refractivity contribution in [1.82, 2.24) is 4.90 Å². The number of carbonyl (C=O) groups excluding carboxylic acids is 2. The molecule has 23 heavy (non-hydrogen) atoms. The van der Waals surface area contributed by atoms with E-state index in [0.717, 1.165) is 0 Å². The summed E-state index contributed by atoms with van der Waals surface area (Å²) in [7, 11) is 0. The van der Waals surface area contributed by atoms with Crippen LogP contribution in [0.3, 0.4) is 0 Å². The fourth-order valence-electron chi connectivity index (χ4n) is 3.06. The summed E-state index contributed by atoms with van der Waals surface area (Å²) >= 11 is 0. The van der Waals surface area contributed by atoms with Gasteiger partial charge in [-0.3, -0.25) is 14.5 Å². The van der Waals surface area contributed by atoms with Gasteiger partial charge in [-0.25, -0.2) is 8.78 Å². The first-order valence-corrected chi connectivity index (χ1v) is 7.66. The van der Waals surface area contributed by atoms with Crippen molar-refractivity contribution in [3.8, 4) is 0 Å². The van der Waals surface area contributed by atoms with Crippen molar-refractivity contribution in [2.75, 3.05) is 6.54 Å². The zero-order valence-corrected chi connectivity index (χ0v) is 12.8. The molecule has 1 unspecified atom stereocenters. The van der Waals surface area contributed by atoms with Crippen LogP contribution in [0.15, 0.2) is 47.6 Å². The SMILES string of the molecule is CC(CC1=C(F)CCC(F)=C1)CN1C(=O)c2ccccc2C1=O. The van der Waals surface area contributed by atoms with Gasteiger partial charge in [-0.15, -0.1) is 0 Å². The predicted octanol–water partition coefficient (Wildman–Crippen LogP) is 4.18. The highest BCUT2D eigenvalue weighted by molar-refractivity contribution is 6.21.